The molecule has 3 rings (SSSR count). The van der Waals surface area contributed by atoms with Crippen LogP contribution in [0, 0.1) is 0 Å². The molecule has 9 nitrogen and oxygen atoms in total. The molecule has 0 aliphatic carbocycles. The summed E-state index contributed by atoms with van der Waals surface area (Å²) in [5.41, 5.74) is 7.08. The molecule has 2 saturated heterocycles. The van der Waals surface area contributed by atoms with Crippen LogP contribution >= 0.6 is 0 Å². The maximum Gasteiger partial charge on any atom is 0.267 e. The lowest BCUT2D eigenvalue weighted by atomic mass is 10.1. The lowest BCUT2D eigenvalue weighted by molar-refractivity contribution is -0.116. The monoisotopic (exact) mass is 417 g/mol. The number of nitrogens with two attached hydrogens (primary N) is 1. The number of hydrogen-bond donors (Lipinski definition) is 4. The van der Waals surface area contributed by atoms with Crippen LogP contribution in [-0.4, -0.2) is 87.4 Å². The van der Waals surface area contributed by atoms with E-state index in [1.165, 1.54) is 0 Å². The van der Waals surface area contributed by atoms with Crippen molar-refractivity contribution in [1.82, 2.24) is 20.5 Å². The number of anilines is 2. The van der Waals surface area contributed by atoms with Crippen LogP contribution in [0.5, 0.6) is 0 Å². The molecule has 166 valence electrons. The summed E-state index contributed by atoms with van der Waals surface area (Å²) in [7, 11) is 1.62. The zero-order valence-electron chi connectivity index (χ0n) is 18.1. The van der Waals surface area contributed by atoms with Crippen LogP contribution in [0.15, 0.2) is 30.1 Å². The second-order valence-corrected chi connectivity index (χ2v) is 7.78. The van der Waals surface area contributed by atoms with Crippen molar-refractivity contribution in [2.45, 2.75) is 25.4 Å². The van der Waals surface area contributed by atoms with E-state index in [0.29, 0.717) is 30.1 Å². The second kappa shape index (κ2) is 11.3. The molecule has 1 amide bonds. The van der Waals surface area contributed by atoms with Gasteiger partial charge in [0.25, 0.3) is 5.91 Å². The Morgan fingerprint density at radius 2 is 2.17 bits per heavy atom. The van der Waals surface area contributed by atoms with Crippen molar-refractivity contribution in [2.24, 2.45) is 5.73 Å². The summed E-state index contributed by atoms with van der Waals surface area (Å²) in [6.07, 6.45) is 4.48. The highest BCUT2D eigenvalue weighted by molar-refractivity contribution is 5.95. The lowest BCUT2D eigenvalue weighted by Gasteiger charge is -2.46. The number of carbonyl (C=O) groups excluding carboxylic acids is 1. The third-order valence-electron chi connectivity index (χ3n) is 5.60. The predicted octanol–water partition coefficient (Wildman–Crippen LogP) is -0.0289. The normalized spacial score (nSPS) is 20.7. The molecule has 2 aliphatic heterocycles. The zero-order chi connectivity index (χ0) is 21.3. The van der Waals surface area contributed by atoms with Crippen LogP contribution in [-0.2, 0) is 9.53 Å². The fourth-order valence-corrected chi connectivity index (χ4v) is 3.78. The zero-order valence-corrected chi connectivity index (χ0v) is 18.1. The summed E-state index contributed by atoms with van der Waals surface area (Å²) >= 11 is 0. The van der Waals surface area contributed by atoms with Gasteiger partial charge in [0, 0.05) is 45.8 Å². The molecule has 3 heterocycles. The first-order chi connectivity index (χ1) is 14.6. The molecule has 1 aromatic rings. The molecule has 0 radical (unpaired) electrons. The molecule has 9 heteroatoms. The topological polar surface area (TPSA) is 108 Å². The number of pyridine rings is 1. The third kappa shape index (κ3) is 5.91. The van der Waals surface area contributed by atoms with Crippen molar-refractivity contribution < 1.29 is 9.53 Å². The van der Waals surface area contributed by atoms with Gasteiger partial charge in [-0.15, -0.1) is 0 Å². The van der Waals surface area contributed by atoms with E-state index in [1.807, 2.05) is 18.3 Å². The molecule has 30 heavy (non-hydrogen) atoms. The van der Waals surface area contributed by atoms with Crippen molar-refractivity contribution in [1.29, 1.82) is 0 Å². The molecule has 0 saturated carbocycles. The van der Waals surface area contributed by atoms with Crippen LogP contribution in [0.1, 0.15) is 13.3 Å². The molecule has 0 bridgehead atoms. The number of nitrogens with one attached hydrogen (secondary N) is 3. The molecular weight excluding hydrogens is 382 g/mol. The Labute approximate surface area is 179 Å². The first kappa shape index (κ1) is 22.5. The Morgan fingerprint density at radius 3 is 2.77 bits per heavy atom. The molecule has 2 fully saturated rings. The summed E-state index contributed by atoms with van der Waals surface area (Å²) < 4.78 is 5.33. The summed E-state index contributed by atoms with van der Waals surface area (Å²) in [6, 6.07) is 5.00. The van der Waals surface area contributed by atoms with Gasteiger partial charge >= 0.3 is 0 Å². The minimum atomic E-state index is -0.163. The summed E-state index contributed by atoms with van der Waals surface area (Å²) in [4.78, 5) is 21.6. The highest BCUT2D eigenvalue weighted by Gasteiger charge is 2.32. The molecule has 1 atom stereocenters. The fourth-order valence-electron chi connectivity index (χ4n) is 3.78. The quantitative estimate of drug-likeness (QED) is 0.311. The van der Waals surface area contributed by atoms with Gasteiger partial charge in [-0.05, 0) is 32.0 Å². The Hall–Kier alpha value is -2.20. The average molecular weight is 418 g/mol. The molecule has 1 aromatic heterocycles. The Morgan fingerprint density at radius 1 is 1.33 bits per heavy atom. The number of piperazine rings is 1. The molecular formula is C21H35N7O2. The molecule has 5 N–H and O–H groups in total. The van der Waals surface area contributed by atoms with Crippen LogP contribution in [0.4, 0.5) is 11.5 Å². The summed E-state index contributed by atoms with van der Waals surface area (Å²) in [6.45, 7) is 9.16. The van der Waals surface area contributed by atoms with E-state index in [4.69, 9.17) is 10.5 Å². The van der Waals surface area contributed by atoms with Crippen molar-refractivity contribution in [2.75, 3.05) is 69.7 Å². The number of carbonyl (C=O) groups is 1. The second-order valence-electron chi connectivity index (χ2n) is 7.78. The predicted molar refractivity (Wildman–Crippen MR) is 120 cm³/mol. The van der Waals surface area contributed by atoms with Gasteiger partial charge in [0.05, 0.1) is 31.1 Å². The van der Waals surface area contributed by atoms with E-state index in [2.05, 4.69) is 43.7 Å². The Bertz CT molecular complexity index is 706. The van der Waals surface area contributed by atoms with E-state index in [-0.39, 0.29) is 5.91 Å². The summed E-state index contributed by atoms with van der Waals surface area (Å²) in [5.74, 6) is 0.492. The Kier molecular flexibility index (Phi) is 8.44. The first-order valence-corrected chi connectivity index (χ1v) is 10.8. The molecule has 2 aliphatic rings. The minimum Gasteiger partial charge on any atom is -0.378 e. The van der Waals surface area contributed by atoms with E-state index in [1.54, 1.807) is 7.05 Å². The minimum absolute atomic E-state index is 0.163. The van der Waals surface area contributed by atoms with Gasteiger partial charge in [0.2, 0.25) is 0 Å². The van der Waals surface area contributed by atoms with Crippen LogP contribution < -0.4 is 26.6 Å². The highest BCUT2D eigenvalue weighted by atomic mass is 16.5. The van der Waals surface area contributed by atoms with Gasteiger partial charge in [-0.2, -0.15) is 0 Å². The van der Waals surface area contributed by atoms with Gasteiger partial charge < -0.3 is 31.3 Å². The van der Waals surface area contributed by atoms with E-state index >= 15 is 0 Å². The van der Waals surface area contributed by atoms with Crippen molar-refractivity contribution in [3.05, 3.63) is 30.1 Å². The number of hydrogen-bond acceptors (Lipinski definition) is 8. The van der Waals surface area contributed by atoms with Crippen molar-refractivity contribution in [3.8, 4) is 0 Å². The standard InChI is InChI=1S/C21H35N7O2/c1-16-13-27(18-14-30-15-18)10-11-28(16)17-5-6-20(25-12-17)26-19(21(29)23-2)4-3-8-24-9-7-22/h4-6,12,16,18,24H,3,7-11,13-15,22H2,1-2H3,(H,23,29)(H,25,26)/b19-4+/t16-/m0/s1. The summed E-state index contributed by atoms with van der Waals surface area (Å²) in [5, 5.41) is 9.03. The van der Waals surface area contributed by atoms with Crippen LogP contribution in [0.3, 0.4) is 0 Å². The largest absolute Gasteiger partial charge is 0.378 e. The Balaban J connectivity index is 1.56. The van der Waals surface area contributed by atoms with Gasteiger partial charge in [0.15, 0.2) is 0 Å². The molecule has 0 aromatic carbocycles. The number of nitrogens with zero attached hydrogens (tertiary/aromatic N) is 3. The van der Waals surface area contributed by atoms with Crippen molar-refractivity contribution >= 4 is 17.4 Å². The van der Waals surface area contributed by atoms with Gasteiger partial charge in [-0.3, -0.25) is 9.69 Å². The lowest BCUT2D eigenvalue weighted by Crippen LogP contribution is -2.59. The fraction of sp³-hybridized carbons (Fsp3) is 0.619. The van der Waals surface area contributed by atoms with E-state index in [0.717, 1.165) is 58.0 Å². The third-order valence-corrected chi connectivity index (χ3v) is 5.60. The SMILES string of the molecule is CNC(=O)/C(=C\CCNCCN)Nc1ccc(N2CCN(C3COC3)C[C@@H]2C)cn1. The van der Waals surface area contributed by atoms with Crippen LogP contribution in [0.25, 0.3) is 0 Å². The number of amides is 1. The number of ether oxygens (including phenoxy) is 1. The number of rotatable bonds is 10. The van der Waals surface area contributed by atoms with E-state index < -0.39 is 0 Å². The van der Waals surface area contributed by atoms with Crippen molar-refractivity contribution in [3.63, 3.8) is 0 Å². The number of likely N-dealkylation sites (N-methyl/N-ethyl adjacent to an activating group) is 1. The smallest absolute Gasteiger partial charge is 0.267 e. The number of aromatic nitrogens is 1. The van der Waals surface area contributed by atoms with Gasteiger partial charge in [-0.1, -0.05) is 6.08 Å². The first-order valence-electron chi connectivity index (χ1n) is 10.8. The molecule has 0 spiro atoms. The average Bonchev–Trinajstić information content (AvgIpc) is 2.72. The van der Waals surface area contributed by atoms with Crippen LogP contribution in [0.2, 0.25) is 0 Å². The molecule has 0 unspecified atom stereocenters. The van der Waals surface area contributed by atoms with Gasteiger partial charge in [-0.25, -0.2) is 4.98 Å². The maximum atomic E-state index is 12.2. The highest BCUT2D eigenvalue weighted by Crippen LogP contribution is 2.23. The maximum absolute atomic E-state index is 12.2. The van der Waals surface area contributed by atoms with Gasteiger partial charge in [0.1, 0.15) is 11.5 Å². The van der Waals surface area contributed by atoms with E-state index in [9.17, 15) is 4.79 Å².